The highest BCUT2D eigenvalue weighted by molar-refractivity contribution is 7.15. The Morgan fingerprint density at radius 3 is 2.31 bits per heavy atom. The highest BCUT2D eigenvalue weighted by Crippen LogP contribution is 2.29. The second-order valence-corrected chi connectivity index (χ2v) is 10.1. The van der Waals surface area contributed by atoms with Crippen molar-refractivity contribution in [1.82, 2.24) is 0 Å². The quantitative estimate of drug-likeness (QED) is 0.374. The fourth-order valence-electron chi connectivity index (χ4n) is 3.13. The van der Waals surface area contributed by atoms with E-state index in [1.165, 1.54) is 38.5 Å². The van der Waals surface area contributed by atoms with E-state index in [-0.39, 0.29) is 23.5 Å². The summed E-state index contributed by atoms with van der Waals surface area (Å²) in [5, 5.41) is 18.2. The number of thiophene rings is 1. The van der Waals surface area contributed by atoms with E-state index in [1.54, 1.807) is 18.0 Å². The molecule has 32 heavy (non-hydrogen) atoms. The lowest BCUT2D eigenvalue weighted by atomic mass is 9.98. The molecule has 0 saturated heterocycles. The molecule has 1 unspecified atom stereocenters. The van der Waals surface area contributed by atoms with E-state index in [0.717, 1.165) is 17.6 Å². The van der Waals surface area contributed by atoms with Gasteiger partial charge in [-0.1, -0.05) is 50.4 Å². The van der Waals surface area contributed by atoms with E-state index in [9.17, 15) is 14.7 Å². The van der Waals surface area contributed by atoms with Gasteiger partial charge in [0.2, 0.25) is 0 Å². The van der Waals surface area contributed by atoms with Crippen LogP contribution in [-0.4, -0.2) is 55.4 Å². The number of nitrogens with zero attached hydrogens (tertiary/aromatic N) is 1. The summed E-state index contributed by atoms with van der Waals surface area (Å²) in [4.78, 5) is 25.2. The Labute approximate surface area is 197 Å². The van der Waals surface area contributed by atoms with Crippen LogP contribution in [0.1, 0.15) is 86.7 Å². The molecule has 1 aliphatic carbocycles. The van der Waals surface area contributed by atoms with Crippen LogP contribution in [0.15, 0.2) is 6.07 Å². The Morgan fingerprint density at radius 2 is 1.84 bits per heavy atom. The molecule has 0 radical (unpaired) electrons. The lowest BCUT2D eigenvalue weighted by molar-refractivity contribution is -0.118. The van der Waals surface area contributed by atoms with Gasteiger partial charge in [-0.05, 0) is 39.7 Å². The second kappa shape index (κ2) is 15.0. The third-order valence-electron chi connectivity index (χ3n) is 4.94. The molecular weight excluding hydrogens is 426 g/mol. The number of likely N-dealkylation sites (N-methyl/N-ethyl adjacent to an activating group) is 1. The van der Waals surface area contributed by atoms with E-state index >= 15 is 0 Å². The third-order valence-corrected chi connectivity index (χ3v) is 5.96. The van der Waals surface area contributed by atoms with Gasteiger partial charge in [-0.25, -0.2) is 4.79 Å². The first-order valence-electron chi connectivity index (χ1n) is 11.5. The van der Waals surface area contributed by atoms with Gasteiger partial charge in [0.25, 0.3) is 0 Å². The fourth-order valence-corrected chi connectivity index (χ4v) is 4.03. The number of hydrogen-bond acceptors (Lipinski definition) is 6. The van der Waals surface area contributed by atoms with Crippen LogP contribution in [0.4, 0.5) is 5.69 Å². The first kappa shape index (κ1) is 28.2. The maximum atomic E-state index is 11.5. The molecule has 6 nitrogen and oxygen atoms in total. The van der Waals surface area contributed by atoms with Crippen LogP contribution >= 0.6 is 11.3 Å². The van der Waals surface area contributed by atoms with Gasteiger partial charge < -0.3 is 24.6 Å². The zero-order valence-corrected chi connectivity index (χ0v) is 20.8. The van der Waals surface area contributed by atoms with E-state index < -0.39 is 12.1 Å². The summed E-state index contributed by atoms with van der Waals surface area (Å²) in [5.74, 6) is 5.16. The van der Waals surface area contributed by atoms with Crippen molar-refractivity contribution >= 4 is 29.3 Å². The van der Waals surface area contributed by atoms with E-state index in [1.807, 2.05) is 20.8 Å². The molecule has 7 heteroatoms. The molecule has 0 aliphatic heterocycles. The van der Waals surface area contributed by atoms with E-state index in [0.29, 0.717) is 30.0 Å². The third kappa shape index (κ3) is 11.7. The van der Waals surface area contributed by atoms with Gasteiger partial charge in [0, 0.05) is 25.6 Å². The number of aliphatic hydroxyl groups is 1. The summed E-state index contributed by atoms with van der Waals surface area (Å²) in [6.45, 7) is 6.72. The Kier molecular flexibility index (Phi) is 13.2. The maximum absolute atomic E-state index is 11.5. The molecule has 2 N–H and O–H groups in total. The molecule has 0 bridgehead atoms. The number of carbonyl (C=O) groups is 2. The van der Waals surface area contributed by atoms with Crippen molar-refractivity contribution in [3.05, 3.63) is 15.8 Å². The number of hydrogen-bond donors (Lipinski definition) is 2. The summed E-state index contributed by atoms with van der Waals surface area (Å²) in [6.07, 6.45) is 10.1. The molecule has 2 rings (SSSR count). The normalized spacial score (nSPS) is 14.4. The molecular formula is C25H39NO5S. The number of carboxylic acids is 1. The molecule has 1 fully saturated rings. The standard InChI is InChI=1S/C19H27NO5S.C6H12/c1-19(2,3)8-7-15-12-16(17(26-15)18(23)24)20(4)9-11-25-14(13-22)6-5-10-21;1-2-4-6-5-3-1/h12-14,21H,5-6,9-11H2,1-4H3,(H,23,24);1-6H2. The molecule has 0 aromatic carbocycles. The number of carbonyl (C=O) groups excluding carboxylic acids is 1. The number of carboxylic acid groups (broad SMARTS) is 1. The SMILES string of the molecule is C1CCCCC1.CN(CCOC(C=O)CCCO)c1cc(C#CC(C)(C)C)sc1C(=O)O. The number of aliphatic hydroxyl groups excluding tert-OH is 1. The molecule has 1 aromatic rings. The van der Waals surface area contributed by atoms with Gasteiger partial charge in [0.1, 0.15) is 17.3 Å². The molecule has 1 aromatic heterocycles. The van der Waals surface area contributed by atoms with Gasteiger partial charge in [0.05, 0.1) is 17.2 Å². The lowest BCUT2D eigenvalue weighted by Gasteiger charge is -2.20. The lowest BCUT2D eigenvalue weighted by Crippen LogP contribution is -2.26. The summed E-state index contributed by atoms with van der Waals surface area (Å²) >= 11 is 1.15. The largest absolute Gasteiger partial charge is 0.477 e. The fraction of sp³-hybridized carbons (Fsp3) is 0.680. The van der Waals surface area contributed by atoms with Crippen molar-refractivity contribution in [1.29, 1.82) is 0 Å². The molecule has 1 saturated carbocycles. The monoisotopic (exact) mass is 465 g/mol. The Hall–Kier alpha value is -1.88. The van der Waals surface area contributed by atoms with E-state index in [4.69, 9.17) is 9.84 Å². The van der Waals surface area contributed by atoms with Gasteiger partial charge in [0.15, 0.2) is 0 Å². The van der Waals surface area contributed by atoms with Crippen LogP contribution in [-0.2, 0) is 9.53 Å². The van der Waals surface area contributed by atoms with Crippen molar-refractivity contribution in [3.8, 4) is 11.8 Å². The van der Waals surface area contributed by atoms with Crippen molar-refractivity contribution in [2.75, 3.05) is 31.7 Å². The highest BCUT2D eigenvalue weighted by Gasteiger charge is 2.18. The van der Waals surface area contributed by atoms with Crippen LogP contribution in [0.3, 0.4) is 0 Å². The van der Waals surface area contributed by atoms with Gasteiger partial charge >= 0.3 is 5.97 Å². The number of rotatable bonds is 10. The predicted molar refractivity (Wildman–Crippen MR) is 131 cm³/mol. The molecule has 180 valence electrons. The first-order chi connectivity index (χ1) is 15.2. The molecule has 1 aliphatic rings. The topological polar surface area (TPSA) is 87.1 Å². The van der Waals surface area contributed by atoms with Crippen molar-refractivity contribution in [3.63, 3.8) is 0 Å². The smallest absolute Gasteiger partial charge is 0.348 e. The number of anilines is 1. The van der Waals surface area contributed by atoms with Crippen LogP contribution < -0.4 is 4.90 Å². The summed E-state index contributed by atoms with van der Waals surface area (Å²) in [5.41, 5.74) is 0.424. The second-order valence-electron chi connectivity index (χ2n) is 9.08. The number of aromatic carboxylic acids is 1. The average molecular weight is 466 g/mol. The first-order valence-corrected chi connectivity index (χ1v) is 12.3. The summed E-state index contributed by atoms with van der Waals surface area (Å²) in [6, 6.07) is 1.77. The van der Waals surface area contributed by atoms with Crippen molar-refractivity contribution in [2.24, 2.45) is 5.41 Å². The molecule has 0 amide bonds. The van der Waals surface area contributed by atoms with E-state index in [2.05, 4.69) is 11.8 Å². The number of ether oxygens (including phenoxy) is 1. The van der Waals surface area contributed by atoms with Gasteiger partial charge in [-0.2, -0.15) is 0 Å². The van der Waals surface area contributed by atoms with Crippen LogP contribution in [0.5, 0.6) is 0 Å². The van der Waals surface area contributed by atoms with Crippen LogP contribution in [0, 0.1) is 17.3 Å². The van der Waals surface area contributed by atoms with Crippen LogP contribution in [0.25, 0.3) is 0 Å². The molecule has 1 atom stereocenters. The summed E-state index contributed by atoms with van der Waals surface area (Å²) in [7, 11) is 1.78. The Morgan fingerprint density at radius 1 is 1.25 bits per heavy atom. The van der Waals surface area contributed by atoms with Crippen molar-refractivity contribution in [2.45, 2.75) is 78.2 Å². The zero-order valence-electron chi connectivity index (χ0n) is 20.0. The molecule has 0 spiro atoms. The average Bonchev–Trinajstić information content (AvgIpc) is 3.21. The van der Waals surface area contributed by atoms with Gasteiger partial charge in [-0.3, -0.25) is 0 Å². The van der Waals surface area contributed by atoms with Crippen LogP contribution in [0.2, 0.25) is 0 Å². The highest BCUT2D eigenvalue weighted by atomic mass is 32.1. The van der Waals surface area contributed by atoms with Gasteiger partial charge in [-0.15, -0.1) is 11.3 Å². The zero-order chi connectivity index (χ0) is 24.0. The maximum Gasteiger partial charge on any atom is 0.348 e. The predicted octanol–water partition coefficient (Wildman–Crippen LogP) is 4.98. The minimum Gasteiger partial charge on any atom is -0.477 e. The minimum absolute atomic E-state index is 0.0167. The minimum atomic E-state index is -0.990. The Balaban J connectivity index is 0.000000730. The molecule has 1 heterocycles. The van der Waals surface area contributed by atoms with Crippen molar-refractivity contribution < 1.29 is 24.5 Å². The Bertz CT molecular complexity index is 741. The summed E-state index contributed by atoms with van der Waals surface area (Å²) < 4.78 is 5.49. The number of aldehydes is 1.